The van der Waals surface area contributed by atoms with Crippen LogP contribution in [0.4, 0.5) is 0 Å². The number of hydrogen-bond donors (Lipinski definition) is 3. The molecule has 0 amide bonds. The second kappa shape index (κ2) is 34.3. The van der Waals surface area contributed by atoms with Gasteiger partial charge < -0.3 is 25.2 Å². The van der Waals surface area contributed by atoms with Crippen molar-refractivity contribution in [3.63, 3.8) is 0 Å². The largest absolute Gasteiger partial charge is 0.480 e. The van der Waals surface area contributed by atoms with Crippen LogP contribution in [0.15, 0.2) is 12.2 Å². The van der Waals surface area contributed by atoms with Crippen molar-refractivity contribution in [2.75, 3.05) is 19.8 Å². The molecule has 0 aromatic heterocycles. The van der Waals surface area contributed by atoms with Gasteiger partial charge in [-0.15, -0.1) is 0 Å². The second-order valence-electron chi connectivity index (χ2n) is 13.4. The number of unbranched alkanes of at least 4 members (excludes halogenated alkanes) is 21. The van der Waals surface area contributed by atoms with Crippen LogP contribution in [0.5, 0.6) is 0 Å². The molecule has 0 aromatic rings. The molecule has 0 aliphatic rings. The van der Waals surface area contributed by atoms with Crippen LogP contribution in [-0.4, -0.2) is 59.9 Å². The highest BCUT2D eigenvalue weighted by atomic mass is 31.2. The number of esters is 2. The number of carboxylic acids is 1. The number of allylic oxidation sites excluding steroid dienone is 2. The SMILES string of the molecule is CCCCCCCC/C=C\CCCCCCCC(=O)OC(COC(=O)CCCCCCCCCCCCC)COP(=O)(O)OCC(N)C(=O)O. The Kier molecular flexibility index (Phi) is 33.1. The van der Waals surface area contributed by atoms with Gasteiger partial charge in [-0.3, -0.25) is 23.4 Å². The molecule has 11 nitrogen and oxygen atoms in total. The highest BCUT2D eigenvalue weighted by molar-refractivity contribution is 7.47. The Morgan fingerprint density at radius 3 is 1.46 bits per heavy atom. The number of phosphoric ester groups is 1. The van der Waals surface area contributed by atoms with Crippen molar-refractivity contribution in [1.29, 1.82) is 0 Å². The fourth-order valence-electron chi connectivity index (χ4n) is 5.35. The fraction of sp³-hybridized carbons (Fsp3) is 0.868. The Morgan fingerprint density at radius 2 is 1.00 bits per heavy atom. The van der Waals surface area contributed by atoms with E-state index in [-0.39, 0.29) is 19.4 Å². The molecule has 0 aromatic carbocycles. The van der Waals surface area contributed by atoms with Gasteiger partial charge in [-0.1, -0.05) is 142 Å². The van der Waals surface area contributed by atoms with Crippen LogP contribution in [0.25, 0.3) is 0 Å². The van der Waals surface area contributed by atoms with E-state index in [1.165, 1.54) is 83.5 Å². The first-order valence-corrected chi connectivity index (χ1v) is 21.2. The molecular weight excluding hydrogens is 661 g/mol. The van der Waals surface area contributed by atoms with Crippen molar-refractivity contribution in [3.05, 3.63) is 12.2 Å². The van der Waals surface area contributed by atoms with Gasteiger partial charge in [0.15, 0.2) is 6.10 Å². The standard InChI is InChI=1S/C38H72NO10P/c1-3-5-7-9-11-13-15-16-17-18-20-22-24-26-28-30-37(41)49-34(32-47-50(44,45)48-33-35(39)38(42)43)31-46-36(40)29-27-25-23-21-19-14-12-10-8-6-4-2/h16-17,34-35H,3-15,18-33,39H2,1-2H3,(H,42,43)(H,44,45)/b17-16-. The minimum absolute atomic E-state index is 0.155. The van der Waals surface area contributed by atoms with Gasteiger partial charge >= 0.3 is 25.7 Å². The van der Waals surface area contributed by atoms with Crippen LogP contribution in [0.3, 0.4) is 0 Å². The molecule has 12 heteroatoms. The first-order chi connectivity index (χ1) is 24.1. The van der Waals surface area contributed by atoms with Gasteiger partial charge in [-0.25, -0.2) is 4.57 Å². The number of nitrogens with two attached hydrogens (primary N) is 1. The van der Waals surface area contributed by atoms with Crippen molar-refractivity contribution >= 4 is 25.7 Å². The molecular formula is C38H72NO10P. The predicted molar refractivity (Wildman–Crippen MR) is 199 cm³/mol. The zero-order chi connectivity index (χ0) is 37.1. The lowest BCUT2D eigenvalue weighted by Crippen LogP contribution is -2.34. The molecule has 0 fully saturated rings. The number of carbonyl (C=O) groups is 3. The predicted octanol–water partition coefficient (Wildman–Crippen LogP) is 9.73. The molecule has 0 saturated carbocycles. The molecule has 3 atom stereocenters. The summed E-state index contributed by atoms with van der Waals surface area (Å²) < 4.78 is 32.6. The third kappa shape index (κ3) is 33.4. The molecule has 0 rings (SSSR count). The number of ether oxygens (including phenoxy) is 2. The summed E-state index contributed by atoms with van der Waals surface area (Å²) in [5.74, 6) is -2.38. The van der Waals surface area contributed by atoms with Crippen molar-refractivity contribution in [1.82, 2.24) is 0 Å². The fourth-order valence-corrected chi connectivity index (χ4v) is 6.13. The monoisotopic (exact) mass is 733 g/mol. The van der Waals surface area contributed by atoms with Crippen molar-refractivity contribution < 1.29 is 47.5 Å². The Balaban J connectivity index is 4.42. The van der Waals surface area contributed by atoms with Crippen LogP contribution in [0.1, 0.15) is 181 Å². The minimum Gasteiger partial charge on any atom is -0.480 e. The number of carbonyl (C=O) groups excluding carboxylic acids is 2. The Morgan fingerprint density at radius 1 is 0.600 bits per heavy atom. The zero-order valence-corrected chi connectivity index (χ0v) is 32.4. The lowest BCUT2D eigenvalue weighted by Gasteiger charge is -2.20. The molecule has 0 bridgehead atoms. The summed E-state index contributed by atoms with van der Waals surface area (Å²) in [6, 6.07) is -1.52. The van der Waals surface area contributed by atoms with Gasteiger partial charge in [0, 0.05) is 12.8 Å². The molecule has 3 unspecified atom stereocenters. The molecule has 0 aliphatic carbocycles. The first kappa shape index (κ1) is 48.2. The number of carboxylic acid groups (broad SMARTS) is 1. The van der Waals surface area contributed by atoms with E-state index in [1.807, 2.05) is 0 Å². The summed E-state index contributed by atoms with van der Waals surface area (Å²) in [7, 11) is -4.71. The average Bonchev–Trinajstić information content (AvgIpc) is 3.09. The van der Waals surface area contributed by atoms with Crippen LogP contribution in [0, 0.1) is 0 Å². The van der Waals surface area contributed by atoms with Gasteiger partial charge in [0.1, 0.15) is 12.6 Å². The smallest absolute Gasteiger partial charge is 0.472 e. The first-order valence-electron chi connectivity index (χ1n) is 19.7. The van der Waals surface area contributed by atoms with Gasteiger partial charge in [0.2, 0.25) is 0 Å². The van der Waals surface area contributed by atoms with E-state index in [2.05, 4.69) is 30.5 Å². The van der Waals surface area contributed by atoms with Crippen LogP contribution >= 0.6 is 7.82 Å². The van der Waals surface area contributed by atoms with Crippen LogP contribution in [0.2, 0.25) is 0 Å². The second-order valence-corrected chi connectivity index (χ2v) is 14.9. The summed E-state index contributed by atoms with van der Waals surface area (Å²) in [5, 5.41) is 8.86. The number of aliphatic carboxylic acids is 1. The topological polar surface area (TPSA) is 172 Å². The van der Waals surface area contributed by atoms with E-state index in [9.17, 15) is 23.8 Å². The summed E-state index contributed by atoms with van der Waals surface area (Å²) >= 11 is 0. The molecule has 0 aliphatic heterocycles. The summed E-state index contributed by atoms with van der Waals surface area (Å²) in [6.07, 6.45) is 31.4. The maximum Gasteiger partial charge on any atom is 0.472 e. The minimum atomic E-state index is -4.71. The van der Waals surface area contributed by atoms with Gasteiger partial charge in [-0.2, -0.15) is 0 Å². The Bertz CT molecular complexity index is 916. The molecule has 0 heterocycles. The molecule has 0 saturated heterocycles. The van der Waals surface area contributed by atoms with E-state index < -0.39 is 51.1 Å². The van der Waals surface area contributed by atoms with Gasteiger partial charge in [0.25, 0.3) is 0 Å². The molecule has 0 radical (unpaired) electrons. The Labute approximate surface area is 303 Å². The van der Waals surface area contributed by atoms with E-state index in [1.54, 1.807) is 0 Å². The summed E-state index contributed by atoms with van der Waals surface area (Å²) in [6.45, 7) is 2.77. The number of hydrogen-bond acceptors (Lipinski definition) is 9. The normalized spacial score (nSPS) is 14.0. The molecule has 294 valence electrons. The van der Waals surface area contributed by atoms with Crippen molar-refractivity contribution in [2.45, 2.75) is 193 Å². The van der Waals surface area contributed by atoms with E-state index in [4.69, 9.17) is 24.8 Å². The molecule has 4 N–H and O–H groups in total. The summed E-state index contributed by atoms with van der Waals surface area (Å²) in [5.41, 5.74) is 5.31. The van der Waals surface area contributed by atoms with E-state index in [0.717, 1.165) is 57.8 Å². The number of phosphoric acid groups is 1. The van der Waals surface area contributed by atoms with Gasteiger partial charge in [-0.05, 0) is 38.5 Å². The average molecular weight is 734 g/mol. The van der Waals surface area contributed by atoms with Crippen molar-refractivity contribution in [2.24, 2.45) is 5.73 Å². The van der Waals surface area contributed by atoms with Crippen LogP contribution < -0.4 is 5.73 Å². The highest BCUT2D eigenvalue weighted by Crippen LogP contribution is 2.43. The lowest BCUT2D eigenvalue weighted by atomic mass is 10.1. The third-order valence-electron chi connectivity index (χ3n) is 8.51. The summed E-state index contributed by atoms with van der Waals surface area (Å²) in [4.78, 5) is 45.7. The van der Waals surface area contributed by atoms with E-state index in [0.29, 0.717) is 12.8 Å². The molecule has 50 heavy (non-hydrogen) atoms. The zero-order valence-electron chi connectivity index (χ0n) is 31.5. The molecule has 0 spiro atoms. The maximum absolute atomic E-state index is 12.6. The third-order valence-corrected chi connectivity index (χ3v) is 9.46. The quantitative estimate of drug-likeness (QED) is 0.0240. The lowest BCUT2D eigenvalue weighted by molar-refractivity contribution is -0.161. The number of rotatable bonds is 37. The van der Waals surface area contributed by atoms with Gasteiger partial charge in [0.05, 0.1) is 13.2 Å². The Hall–Kier alpha value is -1.78. The van der Waals surface area contributed by atoms with Crippen molar-refractivity contribution in [3.8, 4) is 0 Å². The highest BCUT2D eigenvalue weighted by Gasteiger charge is 2.28. The van der Waals surface area contributed by atoms with E-state index >= 15 is 0 Å². The maximum atomic E-state index is 12.6. The van der Waals surface area contributed by atoms with Crippen LogP contribution in [-0.2, 0) is 37.5 Å².